The molecule has 1 aliphatic rings. The predicted octanol–water partition coefficient (Wildman–Crippen LogP) is 4.64. The zero-order valence-corrected chi connectivity index (χ0v) is 14.3. The van der Waals surface area contributed by atoms with Crippen molar-refractivity contribution in [1.82, 2.24) is 0 Å². The molecule has 3 nitrogen and oxygen atoms in total. The van der Waals surface area contributed by atoms with Crippen LogP contribution in [-0.2, 0) is 10.2 Å². The van der Waals surface area contributed by atoms with Gasteiger partial charge in [0.25, 0.3) is 0 Å². The van der Waals surface area contributed by atoms with Gasteiger partial charge in [-0.05, 0) is 61.6 Å². The van der Waals surface area contributed by atoms with Gasteiger partial charge in [0.05, 0.1) is 23.2 Å². The molecule has 0 heterocycles. The van der Waals surface area contributed by atoms with E-state index >= 15 is 0 Å². The second-order valence-electron chi connectivity index (χ2n) is 6.20. The minimum absolute atomic E-state index is 0.0107. The van der Waals surface area contributed by atoms with E-state index in [1.54, 1.807) is 7.11 Å². The lowest BCUT2D eigenvalue weighted by Gasteiger charge is -2.18. The fourth-order valence-electron chi connectivity index (χ4n) is 2.99. The zero-order valence-electron chi connectivity index (χ0n) is 13.6. The van der Waals surface area contributed by atoms with Crippen molar-refractivity contribution < 1.29 is 9.53 Å². The van der Waals surface area contributed by atoms with Crippen molar-refractivity contribution in [2.24, 2.45) is 0 Å². The predicted molar refractivity (Wildman–Crippen MR) is 93.5 cm³/mol. The van der Waals surface area contributed by atoms with Crippen molar-refractivity contribution in [3.05, 3.63) is 58.1 Å². The third-order valence-corrected chi connectivity index (χ3v) is 4.80. The Bertz CT molecular complexity index is 725. The van der Waals surface area contributed by atoms with Gasteiger partial charge in [0, 0.05) is 0 Å². The summed E-state index contributed by atoms with van der Waals surface area (Å²) in [6, 6.07) is 11.6. The molecule has 1 amide bonds. The summed E-state index contributed by atoms with van der Waals surface area (Å²) in [6.07, 6.45) is 1.71. The molecule has 0 spiro atoms. The van der Waals surface area contributed by atoms with E-state index in [1.165, 1.54) is 0 Å². The molecule has 4 heteroatoms. The van der Waals surface area contributed by atoms with Gasteiger partial charge in [-0.1, -0.05) is 29.8 Å². The monoisotopic (exact) mass is 329 g/mol. The van der Waals surface area contributed by atoms with E-state index < -0.39 is 5.41 Å². The zero-order chi connectivity index (χ0) is 16.6. The van der Waals surface area contributed by atoms with Crippen molar-refractivity contribution >= 4 is 23.2 Å². The van der Waals surface area contributed by atoms with Crippen molar-refractivity contribution in [3.63, 3.8) is 0 Å². The van der Waals surface area contributed by atoms with Gasteiger partial charge in [-0.3, -0.25) is 4.79 Å². The molecular weight excluding hydrogens is 310 g/mol. The smallest absolute Gasteiger partial charge is 0.235 e. The maximum atomic E-state index is 12.8. The number of methoxy groups -OCH3 is 1. The Labute approximate surface area is 141 Å². The number of rotatable bonds is 4. The minimum Gasteiger partial charge on any atom is -0.497 e. The number of benzene rings is 2. The van der Waals surface area contributed by atoms with E-state index in [-0.39, 0.29) is 5.91 Å². The standard InChI is InChI=1S/C19H20ClNO2/c1-12-10-13(2)17(16(20)11-12)21-18(22)19(8-9-19)14-4-6-15(23-3)7-5-14/h4-7,10-11H,8-9H2,1-3H3,(H,21,22). The summed E-state index contributed by atoms with van der Waals surface area (Å²) in [6.45, 7) is 3.95. The first-order valence-corrected chi connectivity index (χ1v) is 8.07. The van der Waals surface area contributed by atoms with Gasteiger partial charge in [-0.25, -0.2) is 0 Å². The molecule has 120 valence electrons. The van der Waals surface area contributed by atoms with Gasteiger partial charge < -0.3 is 10.1 Å². The van der Waals surface area contributed by atoms with Crippen LogP contribution in [0.25, 0.3) is 0 Å². The second-order valence-corrected chi connectivity index (χ2v) is 6.61. The van der Waals surface area contributed by atoms with Crippen LogP contribution in [0.2, 0.25) is 5.02 Å². The number of ether oxygens (including phenoxy) is 1. The van der Waals surface area contributed by atoms with E-state index in [0.29, 0.717) is 10.7 Å². The van der Waals surface area contributed by atoms with E-state index in [2.05, 4.69) is 5.32 Å². The molecule has 0 aliphatic heterocycles. The van der Waals surface area contributed by atoms with Gasteiger partial charge in [0.1, 0.15) is 5.75 Å². The molecule has 0 atom stereocenters. The second kappa shape index (κ2) is 5.89. The molecule has 3 rings (SSSR count). The summed E-state index contributed by atoms with van der Waals surface area (Å²) in [4.78, 5) is 12.8. The third-order valence-electron chi connectivity index (χ3n) is 4.50. The molecule has 0 unspecified atom stereocenters. The quantitative estimate of drug-likeness (QED) is 0.887. The highest BCUT2D eigenvalue weighted by Crippen LogP contribution is 2.49. The number of nitrogens with one attached hydrogen (secondary N) is 1. The van der Waals surface area contributed by atoms with Crippen molar-refractivity contribution in [1.29, 1.82) is 0 Å². The van der Waals surface area contributed by atoms with Gasteiger partial charge in [0.2, 0.25) is 5.91 Å². The molecule has 2 aromatic carbocycles. The number of carbonyl (C=O) groups excluding carboxylic acids is 1. The highest BCUT2D eigenvalue weighted by molar-refractivity contribution is 6.34. The van der Waals surface area contributed by atoms with Gasteiger partial charge in [-0.15, -0.1) is 0 Å². The normalized spacial score (nSPS) is 15.1. The van der Waals surface area contributed by atoms with Crippen LogP contribution in [0, 0.1) is 13.8 Å². The largest absolute Gasteiger partial charge is 0.497 e. The number of aryl methyl sites for hydroxylation is 2. The van der Waals surface area contributed by atoms with E-state index in [4.69, 9.17) is 16.3 Å². The number of anilines is 1. The van der Waals surface area contributed by atoms with E-state index in [1.807, 2.05) is 50.2 Å². The summed E-state index contributed by atoms with van der Waals surface area (Å²) in [5, 5.41) is 3.62. The van der Waals surface area contributed by atoms with Crippen LogP contribution in [0.1, 0.15) is 29.5 Å². The topological polar surface area (TPSA) is 38.3 Å². The molecule has 1 N–H and O–H groups in total. The molecule has 0 radical (unpaired) electrons. The van der Waals surface area contributed by atoms with Gasteiger partial charge in [-0.2, -0.15) is 0 Å². The Balaban J connectivity index is 1.85. The van der Waals surface area contributed by atoms with Crippen LogP contribution in [0.4, 0.5) is 5.69 Å². The van der Waals surface area contributed by atoms with Crippen molar-refractivity contribution in [3.8, 4) is 5.75 Å². The molecule has 0 aromatic heterocycles. The third kappa shape index (κ3) is 2.93. The van der Waals surface area contributed by atoms with Crippen LogP contribution in [0.5, 0.6) is 5.75 Å². The number of amides is 1. The Morgan fingerprint density at radius 1 is 1.17 bits per heavy atom. The van der Waals surface area contributed by atoms with Crippen LogP contribution in [0.15, 0.2) is 36.4 Å². The number of carbonyl (C=O) groups is 1. The van der Waals surface area contributed by atoms with Crippen molar-refractivity contribution in [2.45, 2.75) is 32.1 Å². The van der Waals surface area contributed by atoms with E-state index in [0.717, 1.165) is 35.3 Å². The maximum absolute atomic E-state index is 12.8. The highest BCUT2D eigenvalue weighted by Gasteiger charge is 2.51. The fraction of sp³-hybridized carbons (Fsp3) is 0.316. The first-order chi connectivity index (χ1) is 11.0. The Morgan fingerprint density at radius 2 is 1.83 bits per heavy atom. The average molecular weight is 330 g/mol. The Hall–Kier alpha value is -2.00. The van der Waals surface area contributed by atoms with Gasteiger partial charge in [0.15, 0.2) is 0 Å². The van der Waals surface area contributed by atoms with Gasteiger partial charge >= 0.3 is 0 Å². The van der Waals surface area contributed by atoms with Crippen LogP contribution in [0.3, 0.4) is 0 Å². The summed E-state index contributed by atoms with van der Waals surface area (Å²) in [5.74, 6) is 0.805. The molecule has 23 heavy (non-hydrogen) atoms. The molecule has 1 saturated carbocycles. The van der Waals surface area contributed by atoms with Crippen LogP contribution in [-0.4, -0.2) is 13.0 Å². The minimum atomic E-state index is -0.438. The highest BCUT2D eigenvalue weighted by atomic mass is 35.5. The average Bonchev–Trinajstić information content (AvgIpc) is 3.32. The summed E-state index contributed by atoms with van der Waals surface area (Å²) < 4.78 is 5.18. The lowest BCUT2D eigenvalue weighted by Crippen LogP contribution is -2.28. The molecule has 1 fully saturated rings. The molecular formula is C19H20ClNO2. The molecule has 1 aliphatic carbocycles. The first-order valence-electron chi connectivity index (χ1n) is 7.69. The SMILES string of the molecule is COc1ccc(C2(C(=O)Nc3c(C)cc(C)cc3Cl)CC2)cc1. The summed E-state index contributed by atoms with van der Waals surface area (Å²) in [7, 11) is 1.64. The maximum Gasteiger partial charge on any atom is 0.235 e. The Kier molecular flexibility index (Phi) is 4.07. The Morgan fingerprint density at radius 3 is 2.35 bits per heavy atom. The molecule has 0 saturated heterocycles. The van der Waals surface area contributed by atoms with Crippen LogP contribution >= 0.6 is 11.6 Å². The lowest BCUT2D eigenvalue weighted by molar-refractivity contribution is -0.118. The van der Waals surface area contributed by atoms with Crippen LogP contribution < -0.4 is 10.1 Å². The fourth-order valence-corrected chi connectivity index (χ4v) is 3.36. The molecule has 2 aromatic rings. The number of hydrogen-bond acceptors (Lipinski definition) is 2. The summed E-state index contributed by atoms with van der Waals surface area (Å²) in [5.41, 5.74) is 3.36. The summed E-state index contributed by atoms with van der Waals surface area (Å²) >= 11 is 6.30. The lowest BCUT2D eigenvalue weighted by atomic mass is 9.94. The number of hydrogen-bond donors (Lipinski definition) is 1. The molecule has 0 bridgehead atoms. The van der Waals surface area contributed by atoms with Crippen molar-refractivity contribution in [2.75, 3.05) is 12.4 Å². The first kappa shape index (κ1) is 15.9. The van der Waals surface area contributed by atoms with E-state index in [9.17, 15) is 4.79 Å². The number of halogens is 1.